The molecule has 2 aromatic rings. The first-order valence-electron chi connectivity index (χ1n) is 5.87. The lowest BCUT2D eigenvalue weighted by molar-refractivity contribution is 0.463. The van der Waals surface area contributed by atoms with Gasteiger partial charge in [-0.1, -0.05) is 19.9 Å². The molecule has 0 radical (unpaired) electrons. The topological polar surface area (TPSA) is 34.9 Å². The minimum absolute atomic E-state index is 0.0287. The Kier molecular flexibility index (Phi) is 4.24. The first-order chi connectivity index (χ1) is 8.61. The number of aromatic nitrogens is 2. The molecule has 0 fully saturated rings. The van der Waals surface area contributed by atoms with E-state index in [0.29, 0.717) is 23.8 Å². The van der Waals surface area contributed by atoms with Crippen molar-refractivity contribution in [1.82, 2.24) is 9.78 Å². The van der Waals surface area contributed by atoms with Crippen LogP contribution in [0.1, 0.15) is 19.4 Å². The third-order valence-electron chi connectivity index (χ3n) is 2.53. The fraction of sp³-hybridized carbons (Fsp3) is 0.385. The molecule has 2 heterocycles. The van der Waals surface area contributed by atoms with Crippen LogP contribution in [0.3, 0.4) is 0 Å². The Morgan fingerprint density at radius 2 is 2.28 bits per heavy atom. The Balaban J connectivity index is 2.53. The first-order valence-corrected chi connectivity index (χ1v) is 7.38. The van der Waals surface area contributed by atoms with Gasteiger partial charge in [0.05, 0.1) is 4.88 Å². The van der Waals surface area contributed by atoms with E-state index in [1.54, 1.807) is 16.0 Å². The lowest BCUT2D eigenvalue weighted by atomic mass is 10.2. The standard InChI is InChI=1S/C13H16N2OS2/c1-9(2)7-15-13(16)10(8-17)6-11(14-15)12-4-3-5-18-12/h3-6,9,17H,7-8H2,1-2H3. The number of thiol groups is 1. The van der Waals surface area contributed by atoms with Crippen LogP contribution in [-0.2, 0) is 12.3 Å². The summed E-state index contributed by atoms with van der Waals surface area (Å²) in [5.74, 6) is 0.833. The van der Waals surface area contributed by atoms with Gasteiger partial charge >= 0.3 is 0 Å². The minimum atomic E-state index is -0.0287. The molecule has 2 rings (SSSR count). The van der Waals surface area contributed by atoms with E-state index in [1.807, 2.05) is 23.6 Å². The van der Waals surface area contributed by atoms with Gasteiger partial charge in [-0.15, -0.1) is 11.3 Å². The molecule has 0 aliphatic heterocycles. The summed E-state index contributed by atoms with van der Waals surface area (Å²) in [7, 11) is 0. The van der Waals surface area contributed by atoms with Crippen LogP contribution in [0, 0.1) is 5.92 Å². The Morgan fingerprint density at radius 1 is 1.50 bits per heavy atom. The highest BCUT2D eigenvalue weighted by molar-refractivity contribution is 7.79. The van der Waals surface area contributed by atoms with Gasteiger partial charge < -0.3 is 0 Å². The van der Waals surface area contributed by atoms with Gasteiger partial charge in [0.25, 0.3) is 5.56 Å². The quantitative estimate of drug-likeness (QED) is 0.874. The summed E-state index contributed by atoms with van der Waals surface area (Å²) in [6, 6.07) is 5.84. The van der Waals surface area contributed by atoms with Crippen molar-refractivity contribution in [1.29, 1.82) is 0 Å². The smallest absolute Gasteiger partial charge is 0.267 e. The molecule has 0 aliphatic carbocycles. The SMILES string of the molecule is CC(C)Cn1nc(-c2cccs2)cc(CS)c1=O. The van der Waals surface area contributed by atoms with Crippen molar-refractivity contribution in [3.8, 4) is 10.6 Å². The number of hydrogen-bond acceptors (Lipinski definition) is 4. The predicted molar refractivity (Wildman–Crippen MR) is 79.3 cm³/mol. The number of rotatable bonds is 4. The molecule has 0 aromatic carbocycles. The maximum atomic E-state index is 12.1. The molecule has 0 spiro atoms. The maximum absolute atomic E-state index is 12.1. The molecule has 0 N–H and O–H groups in total. The molecule has 0 saturated carbocycles. The molecule has 0 unspecified atom stereocenters. The Labute approximate surface area is 116 Å². The van der Waals surface area contributed by atoms with Gasteiger partial charge in [0.2, 0.25) is 0 Å². The Hall–Kier alpha value is -1.07. The molecule has 0 saturated heterocycles. The average molecular weight is 280 g/mol. The van der Waals surface area contributed by atoms with E-state index in [4.69, 9.17) is 0 Å². The van der Waals surface area contributed by atoms with E-state index >= 15 is 0 Å². The zero-order valence-corrected chi connectivity index (χ0v) is 12.2. The van der Waals surface area contributed by atoms with Crippen LogP contribution in [0.15, 0.2) is 28.4 Å². The molecule has 3 nitrogen and oxygen atoms in total. The van der Waals surface area contributed by atoms with E-state index in [9.17, 15) is 4.79 Å². The van der Waals surface area contributed by atoms with Gasteiger partial charge in [0, 0.05) is 17.9 Å². The van der Waals surface area contributed by atoms with Gasteiger partial charge in [-0.05, 0) is 23.4 Å². The largest absolute Gasteiger partial charge is 0.270 e. The van der Waals surface area contributed by atoms with E-state index in [1.165, 1.54) is 0 Å². The summed E-state index contributed by atoms with van der Waals surface area (Å²) in [6.07, 6.45) is 0. The Bertz CT molecular complexity index is 573. The van der Waals surface area contributed by atoms with Gasteiger partial charge in [-0.25, -0.2) is 4.68 Å². The summed E-state index contributed by atoms with van der Waals surface area (Å²) in [6.45, 7) is 4.79. The van der Waals surface area contributed by atoms with Gasteiger partial charge in [0.15, 0.2) is 0 Å². The van der Waals surface area contributed by atoms with Crippen LogP contribution in [0.2, 0.25) is 0 Å². The molecule has 0 bridgehead atoms. The second-order valence-corrected chi connectivity index (χ2v) is 5.84. The summed E-state index contributed by atoms with van der Waals surface area (Å²) < 4.78 is 1.56. The van der Waals surface area contributed by atoms with E-state index in [2.05, 4.69) is 31.6 Å². The normalized spacial score (nSPS) is 11.1. The van der Waals surface area contributed by atoms with E-state index in [0.717, 1.165) is 10.6 Å². The maximum Gasteiger partial charge on any atom is 0.270 e. The molecule has 96 valence electrons. The van der Waals surface area contributed by atoms with Crippen LogP contribution in [-0.4, -0.2) is 9.78 Å². The zero-order valence-electron chi connectivity index (χ0n) is 10.5. The van der Waals surface area contributed by atoms with E-state index < -0.39 is 0 Å². The average Bonchev–Trinajstić information content (AvgIpc) is 2.84. The van der Waals surface area contributed by atoms with E-state index in [-0.39, 0.29) is 5.56 Å². The van der Waals surface area contributed by atoms with Crippen molar-refractivity contribution in [3.63, 3.8) is 0 Å². The van der Waals surface area contributed by atoms with Crippen molar-refractivity contribution in [3.05, 3.63) is 39.5 Å². The third-order valence-corrected chi connectivity index (χ3v) is 3.76. The summed E-state index contributed by atoms with van der Waals surface area (Å²) in [4.78, 5) is 13.2. The lowest BCUT2D eigenvalue weighted by Gasteiger charge is -2.10. The first kappa shape index (κ1) is 13.4. The number of nitrogens with zero attached hydrogens (tertiary/aromatic N) is 2. The van der Waals surface area contributed by atoms with Gasteiger partial charge in [0.1, 0.15) is 5.69 Å². The van der Waals surface area contributed by atoms with Crippen LogP contribution in [0.25, 0.3) is 10.6 Å². The van der Waals surface area contributed by atoms with Crippen molar-refractivity contribution >= 4 is 24.0 Å². The summed E-state index contributed by atoms with van der Waals surface area (Å²) in [5.41, 5.74) is 1.53. The van der Waals surface area contributed by atoms with Crippen LogP contribution < -0.4 is 5.56 Å². The minimum Gasteiger partial charge on any atom is -0.267 e. The number of thiophene rings is 1. The van der Waals surface area contributed by atoms with Crippen molar-refractivity contribution in [2.75, 3.05) is 0 Å². The van der Waals surface area contributed by atoms with Gasteiger partial charge in [-0.3, -0.25) is 4.79 Å². The summed E-state index contributed by atoms with van der Waals surface area (Å²) in [5, 5.41) is 6.45. The molecule has 18 heavy (non-hydrogen) atoms. The zero-order chi connectivity index (χ0) is 13.1. The second kappa shape index (κ2) is 5.71. The fourth-order valence-electron chi connectivity index (χ4n) is 1.72. The van der Waals surface area contributed by atoms with Crippen LogP contribution in [0.5, 0.6) is 0 Å². The molecule has 2 aromatic heterocycles. The van der Waals surface area contributed by atoms with Crippen molar-refractivity contribution in [2.24, 2.45) is 5.92 Å². The van der Waals surface area contributed by atoms with Crippen molar-refractivity contribution in [2.45, 2.75) is 26.1 Å². The number of hydrogen-bond donors (Lipinski definition) is 1. The third kappa shape index (κ3) is 2.84. The molecular weight excluding hydrogens is 264 g/mol. The highest BCUT2D eigenvalue weighted by Crippen LogP contribution is 2.22. The fourth-order valence-corrected chi connectivity index (χ4v) is 2.63. The Morgan fingerprint density at radius 3 is 2.83 bits per heavy atom. The predicted octanol–water partition coefficient (Wildman–Crippen LogP) is 3.06. The lowest BCUT2D eigenvalue weighted by Crippen LogP contribution is -2.28. The highest BCUT2D eigenvalue weighted by Gasteiger charge is 2.10. The highest BCUT2D eigenvalue weighted by atomic mass is 32.1. The summed E-state index contributed by atoms with van der Waals surface area (Å²) >= 11 is 5.85. The monoisotopic (exact) mass is 280 g/mol. The molecule has 0 atom stereocenters. The molecule has 5 heteroatoms. The van der Waals surface area contributed by atoms with Gasteiger partial charge in [-0.2, -0.15) is 17.7 Å². The molecule has 0 amide bonds. The van der Waals surface area contributed by atoms with Crippen LogP contribution in [0.4, 0.5) is 0 Å². The second-order valence-electron chi connectivity index (χ2n) is 4.57. The van der Waals surface area contributed by atoms with Crippen molar-refractivity contribution < 1.29 is 0 Å². The van der Waals surface area contributed by atoms with Crippen LogP contribution >= 0.6 is 24.0 Å². The molecule has 0 aliphatic rings. The molecular formula is C13H16N2OS2.